The number of methoxy groups -OCH3 is 1. The van der Waals surface area contributed by atoms with E-state index < -0.39 is 10.0 Å². The number of ether oxygens (including phenoxy) is 1. The fourth-order valence-electron chi connectivity index (χ4n) is 0.847. The van der Waals surface area contributed by atoms with Crippen LogP contribution < -0.4 is 9.88 Å². The summed E-state index contributed by atoms with van der Waals surface area (Å²) in [6.45, 7) is 0. The molecule has 0 saturated carbocycles. The highest BCUT2D eigenvalue weighted by molar-refractivity contribution is 7.89. The molecule has 0 heterocycles. The van der Waals surface area contributed by atoms with E-state index in [0.29, 0.717) is 10.6 Å². The van der Waals surface area contributed by atoms with Crippen LogP contribution >= 0.6 is 12.6 Å². The highest BCUT2D eigenvalue weighted by Crippen LogP contribution is 2.24. The van der Waals surface area contributed by atoms with E-state index in [-0.39, 0.29) is 4.90 Å². The monoisotopic (exact) mass is 219 g/mol. The van der Waals surface area contributed by atoms with Gasteiger partial charge in [0.05, 0.1) is 12.0 Å². The van der Waals surface area contributed by atoms with Gasteiger partial charge in [0.1, 0.15) is 5.75 Å². The first-order valence-corrected chi connectivity index (χ1v) is 5.34. The molecule has 0 bridgehead atoms. The van der Waals surface area contributed by atoms with E-state index in [0.717, 1.165) is 0 Å². The maximum atomic E-state index is 10.9. The Kier molecular flexibility index (Phi) is 2.84. The van der Waals surface area contributed by atoms with Gasteiger partial charge in [0.2, 0.25) is 10.0 Å². The molecule has 1 aromatic carbocycles. The molecule has 0 spiro atoms. The Morgan fingerprint density at radius 1 is 1.46 bits per heavy atom. The first-order chi connectivity index (χ1) is 5.95. The summed E-state index contributed by atoms with van der Waals surface area (Å²) in [4.78, 5) is 0.465. The number of nitrogens with two attached hydrogens (primary N) is 1. The van der Waals surface area contributed by atoms with Crippen molar-refractivity contribution in [3.8, 4) is 5.75 Å². The summed E-state index contributed by atoms with van der Waals surface area (Å²) in [5.41, 5.74) is 0. The van der Waals surface area contributed by atoms with Gasteiger partial charge in [-0.15, -0.1) is 12.6 Å². The van der Waals surface area contributed by atoms with Crippen LogP contribution in [0.3, 0.4) is 0 Å². The van der Waals surface area contributed by atoms with E-state index in [9.17, 15) is 8.42 Å². The minimum Gasteiger partial charge on any atom is -0.496 e. The molecule has 72 valence electrons. The number of hydrogen-bond acceptors (Lipinski definition) is 4. The van der Waals surface area contributed by atoms with Crippen molar-refractivity contribution in [2.24, 2.45) is 5.14 Å². The van der Waals surface area contributed by atoms with Crippen molar-refractivity contribution in [2.45, 2.75) is 9.79 Å². The van der Waals surface area contributed by atoms with E-state index in [4.69, 9.17) is 9.88 Å². The van der Waals surface area contributed by atoms with E-state index in [1.165, 1.54) is 25.3 Å². The summed E-state index contributed by atoms with van der Waals surface area (Å²) < 4.78 is 26.7. The third kappa shape index (κ3) is 2.36. The Morgan fingerprint density at radius 2 is 2.08 bits per heavy atom. The maximum absolute atomic E-state index is 10.9. The highest BCUT2D eigenvalue weighted by Gasteiger charge is 2.09. The standard InChI is InChI=1S/C7H9NO3S2/c1-11-6-3-2-5(4-7(6)12)13(8,9)10/h2-4,12H,1H3,(H2,8,9,10). The number of benzene rings is 1. The molecule has 0 fully saturated rings. The van der Waals surface area contributed by atoms with E-state index >= 15 is 0 Å². The van der Waals surface area contributed by atoms with Gasteiger partial charge in [-0.25, -0.2) is 13.6 Å². The molecule has 0 aliphatic rings. The minimum absolute atomic E-state index is 0.0262. The molecule has 0 aromatic heterocycles. The number of thiol groups is 1. The summed E-state index contributed by atoms with van der Waals surface area (Å²) in [6, 6.07) is 4.22. The van der Waals surface area contributed by atoms with Crippen LogP contribution in [0.5, 0.6) is 5.75 Å². The van der Waals surface area contributed by atoms with E-state index in [1.54, 1.807) is 0 Å². The zero-order chi connectivity index (χ0) is 10.1. The zero-order valence-corrected chi connectivity index (χ0v) is 8.60. The van der Waals surface area contributed by atoms with Gasteiger partial charge in [-0.05, 0) is 18.2 Å². The largest absolute Gasteiger partial charge is 0.496 e. The smallest absolute Gasteiger partial charge is 0.238 e. The molecule has 0 radical (unpaired) electrons. The Hall–Kier alpha value is -0.720. The average Bonchev–Trinajstić information content (AvgIpc) is 2.02. The first kappa shape index (κ1) is 10.4. The maximum Gasteiger partial charge on any atom is 0.238 e. The predicted octanol–water partition coefficient (Wildman–Crippen LogP) is 0.631. The first-order valence-electron chi connectivity index (χ1n) is 3.35. The fourth-order valence-corrected chi connectivity index (χ4v) is 1.78. The van der Waals surface area contributed by atoms with Gasteiger partial charge in [-0.1, -0.05) is 0 Å². The van der Waals surface area contributed by atoms with Crippen LogP contribution in [0.1, 0.15) is 0 Å². The van der Waals surface area contributed by atoms with Crippen LogP contribution in [0.4, 0.5) is 0 Å². The third-order valence-electron chi connectivity index (χ3n) is 1.48. The van der Waals surface area contributed by atoms with Crippen LogP contribution in [-0.2, 0) is 10.0 Å². The molecule has 4 nitrogen and oxygen atoms in total. The van der Waals surface area contributed by atoms with Crippen molar-refractivity contribution in [3.05, 3.63) is 18.2 Å². The molecule has 0 aliphatic heterocycles. The van der Waals surface area contributed by atoms with Gasteiger partial charge in [-0.3, -0.25) is 0 Å². The van der Waals surface area contributed by atoms with Crippen LogP contribution in [0.2, 0.25) is 0 Å². The Labute approximate surface area is 82.2 Å². The molecule has 13 heavy (non-hydrogen) atoms. The van der Waals surface area contributed by atoms with Crippen molar-refractivity contribution >= 4 is 22.7 Å². The van der Waals surface area contributed by atoms with Crippen molar-refractivity contribution in [3.63, 3.8) is 0 Å². The molecular formula is C7H9NO3S2. The lowest BCUT2D eigenvalue weighted by molar-refractivity contribution is 0.404. The van der Waals surface area contributed by atoms with Gasteiger partial charge in [0, 0.05) is 4.90 Å². The number of rotatable bonds is 2. The van der Waals surface area contributed by atoms with Crippen molar-refractivity contribution in [1.29, 1.82) is 0 Å². The van der Waals surface area contributed by atoms with Crippen LogP contribution in [-0.4, -0.2) is 15.5 Å². The van der Waals surface area contributed by atoms with Crippen LogP contribution in [0.15, 0.2) is 28.0 Å². The molecule has 0 aliphatic carbocycles. The van der Waals surface area contributed by atoms with Gasteiger partial charge >= 0.3 is 0 Å². The molecule has 1 rings (SSSR count). The highest BCUT2D eigenvalue weighted by atomic mass is 32.2. The lowest BCUT2D eigenvalue weighted by Crippen LogP contribution is -2.12. The quantitative estimate of drug-likeness (QED) is 0.717. The lowest BCUT2D eigenvalue weighted by atomic mass is 10.3. The topological polar surface area (TPSA) is 69.4 Å². The number of sulfonamides is 1. The van der Waals surface area contributed by atoms with E-state index in [1.807, 2.05) is 0 Å². The van der Waals surface area contributed by atoms with E-state index in [2.05, 4.69) is 12.6 Å². The molecule has 2 N–H and O–H groups in total. The summed E-state index contributed by atoms with van der Waals surface area (Å²) in [5, 5.41) is 4.91. The third-order valence-corrected chi connectivity index (χ3v) is 2.74. The minimum atomic E-state index is -3.65. The Bertz CT molecular complexity index is 414. The van der Waals surface area contributed by atoms with Crippen LogP contribution in [0.25, 0.3) is 0 Å². The molecule has 0 atom stereocenters. The predicted molar refractivity (Wildman–Crippen MR) is 51.6 cm³/mol. The fraction of sp³-hybridized carbons (Fsp3) is 0.143. The summed E-state index contributed by atoms with van der Waals surface area (Å²) in [6.07, 6.45) is 0. The number of primary sulfonamides is 1. The van der Waals surface area contributed by atoms with Crippen molar-refractivity contribution < 1.29 is 13.2 Å². The second-order valence-electron chi connectivity index (χ2n) is 2.38. The molecule has 6 heteroatoms. The van der Waals surface area contributed by atoms with Gasteiger partial charge in [0.25, 0.3) is 0 Å². The van der Waals surface area contributed by atoms with Crippen molar-refractivity contribution in [1.82, 2.24) is 0 Å². The molecule has 0 unspecified atom stereocenters. The van der Waals surface area contributed by atoms with Gasteiger partial charge in [0.15, 0.2) is 0 Å². The Morgan fingerprint density at radius 3 is 2.46 bits per heavy atom. The zero-order valence-electron chi connectivity index (χ0n) is 6.89. The lowest BCUT2D eigenvalue weighted by Gasteiger charge is -2.04. The summed E-state index contributed by atoms with van der Waals surface area (Å²) in [7, 11) is -2.18. The Balaban J connectivity index is 3.26. The number of hydrogen-bond donors (Lipinski definition) is 2. The summed E-state index contributed by atoms with van der Waals surface area (Å²) >= 11 is 4.03. The molecule has 0 saturated heterocycles. The average molecular weight is 219 g/mol. The molecular weight excluding hydrogens is 210 g/mol. The second-order valence-corrected chi connectivity index (χ2v) is 4.42. The summed E-state index contributed by atoms with van der Waals surface area (Å²) in [5.74, 6) is 0.510. The van der Waals surface area contributed by atoms with Gasteiger partial charge in [-0.2, -0.15) is 0 Å². The second kappa shape index (κ2) is 3.57. The SMILES string of the molecule is COc1ccc(S(N)(=O)=O)cc1S. The van der Waals surface area contributed by atoms with Gasteiger partial charge < -0.3 is 4.74 Å². The molecule has 1 aromatic rings. The normalized spacial score (nSPS) is 11.3. The molecule has 0 amide bonds. The van der Waals surface area contributed by atoms with Crippen LogP contribution in [0, 0.1) is 0 Å². The van der Waals surface area contributed by atoms with Crippen molar-refractivity contribution in [2.75, 3.05) is 7.11 Å².